The van der Waals surface area contributed by atoms with E-state index in [0.717, 1.165) is 16.7 Å². The van der Waals surface area contributed by atoms with Crippen molar-refractivity contribution in [1.29, 1.82) is 0 Å². The van der Waals surface area contributed by atoms with Crippen LogP contribution in [0.4, 0.5) is 0 Å². The Morgan fingerprint density at radius 2 is 1.55 bits per heavy atom. The van der Waals surface area contributed by atoms with Gasteiger partial charge in [0.05, 0.1) is 4.90 Å². The van der Waals surface area contributed by atoms with Crippen LogP contribution in [0.25, 0.3) is 0 Å². The molecule has 0 spiro atoms. The highest BCUT2D eigenvalue weighted by Gasteiger charge is 2.22. The van der Waals surface area contributed by atoms with Crippen molar-refractivity contribution >= 4 is 10.0 Å². The van der Waals surface area contributed by atoms with Crippen LogP contribution in [-0.4, -0.2) is 19.8 Å². The van der Waals surface area contributed by atoms with Gasteiger partial charge in [-0.25, -0.2) is 8.42 Å². The fourth-order valence-electron chi connectivity index (χ4n) is 2.05. The first-order chi connectivity index (χ1) is 9.41. The number of rotatable bonds is 4. The van der Waals surface area contributed by atoms with Crippen molar-refractivity contribution in [2.45, 2.75) is 25.3 Å². The van der Waals surface area contributed by atoms with Crippen LogP contribution in [-0.2, 0) is 16.6 Å². The summed E-state index contributed by atoms with van der Waals surface area (Å²) in [6.45, 7) is 4.20. The molecular weight excluding hydrogens is 270 g/mol. The average molecular weight is 289 g/mol. The Morgan fingerprint density at radius 3 is 2.15 bits per heavy atom. The van der Waals surface area contributed by atoms with Crippen molar-refractivity contribution in [3.05, 3.63) is 65.2 Å². The Kier molecular flexibility index (Phi) is 4.26. The third-order valence-corrected chi connectivity index (χ3v) is 5.27. The lowest BCUT2D eigenvalue weighted by Gasteiger charge is -2.18. The molecule has 0 amide bonds. The quantitative estimate of drug-likeness (QED) is 0.867. The van der Waals surface area contributed by atoms with Crippen LogP contribution in [0, 0.1) is 13.8 Å². The molecule has 106 valence electrons. The predicted octanol–water partition coefficient (Wildman–Crippen LogP) is 3.12. The zero-order valence-corrected chi connectivity index (χ0v) is 12.8. The van der Waals surface area contributed by atoms with Gasteiger partial charge in [-0.2, -0.15) is 4.31 Å². The molecule has 0 heterocycles. The van der Waals surface area contributed by atoms with E-state index in [2.05, 4.69) is 0 Å². The molecule has 2 rings (SSSR count). The molecule has 0 aromatic heterocycles. The molecule has 0 fully saturated rings. The number of hydrogen-bond donors (Lipinski definition) is 0. The maximum absolute atomic E-state index is 12.6. The Hall–Kier alpha value is -1.65. The van der Waals surface area contributed by atoms with E-state index >= 15 is 0 Å². The summed E-state index contributed by atoms with van der Waals surface area (Å²) in [5.41, 5.74) is 2.91. The van der Waals surface area contributed by atoms with Gasteiger partial charge in [0.15, 0.2) is 0 Å². The molecule has 0 aliphatic carbocycles. The number of sulfonamides is 1. The van der Waals surface area contributed by atoms with Gasteiger partial charge in [-0.05, 0) is 31.0 Å². The minimum absolute atomic E-state index is 0.370. The Labute approximate surface area is 120 Å². The van der Waals surface area contributed by atoms with E-state index < -0.39 is 10.0 Å². The standard InChI is InChI=1S/C16H19NO2S/c1-13-8-10-15(11-9-13)12-17(3)20(18,19)16-7-5-4-6-14(16)2/h4-11H,12H2,1-3H3. The van der Waals surface area contributed by atoms with Gasteiger partial charge in [-0.3, -0.25) is 0 Å². The molecule has 0 saturated heterocycles. The maximum Gasteiger partial charge on any atom is 0.243 e. The third kappa shape index (κ3) is 3.08. The van der Waals surface area contributed by atoms with E-state index in [1.54, 1.807) is 19.2 Å². The predicted molar refractivity (Wildman–Crippen MR) is 81.0 cm³/mol. The minimum Gasteiger partial charge on any atom is -0.207 e. The van der Waals surface area contributed by atoms with Crippen molar-refractivity contribution in [2.75, 3.05) is 7.05 Å². The van der Waals surface area contributed by atoms with Gasteiger partial charge < -0.3 is 0 Å². The fraction of sp³-hybridized carbons (Fsp3) is 0.250. The van der Waals surface area contributed by atoms with Crippen LogP contribution in [0.2, 0.25) is 0 Å². The Bertz CT molecular complexity index is 691. The van der Waals surface area contributed by atoms with Crippen LogP contribution in [0.1, 0.15) is 16.7 Å². The van der Waals surface area contributed by atoms with Crippen molar-refractivity contribution in [2.24, 2.45) is 0 Å². The number of aryl methyl sites for hydroxylation is 2. The molecule has 0 radical (unpaired) electrons. The average Bonchev–Trinajstić information content (AvgIpc) is 2.41. The molecule has 2 aromatic carbocycles. The van der Waals surface area contributed by atoms with Gasteiger partial charge in [0.1, 0.15) is 0 Å². The molecule has 0 aliphatic heterocycles. The summed E-state index contributed by atoms with van der Waals surface area (Å²) in [7, 11) is -1.83. The lowest BCUT2D eigenvalue weighted by Crippen LogP contribution is -2.27. The van der Waals surface area contributed by atoms with Gasteiger partial charge in [0.2, 0.25) is 10.0 Å². The van der Waals surface area contributed by atoms with Gasteiger partial charge in [-0.1, -0.05) is 48.0 Å². The molecule has 0 unspecified atom stereocenters. The van der Waals surface area contributed by atoms with E-state index in [1.807, 2.05) is 50.2 Å². The van der Waals surface area contributed by atoms with Gasteiger partial charge in [-0.15, -0.1) is 0 Å². The molecule has 4 heteroatoms. The highest BCUT2D eigenvalue weighted by Crippen LogP contribution is 2.20. The first-order valence-corrected chi connectivity index (χ1v) is 7.93. The van der Waals surface area contributed by atoms with E-state index in [1.165, 1.54) is 4.31 Å². The molecule has 2 aromatic rings. The number of hydrogen-bond acceptors (Lipinski definition) is 2. The van der Waals surface area contributed by atoms with Gasteiger partial charge in [0.25, 0.3) is 0 Å². The van der Waals surface area contributed by atoms with E-state index in [0.29, 0.717) is 11.4 Å². The molecule has 20 heavy (non-hydrogen) atoms. The summed E-state index contributed by atoms with van der Waals surface area (Å²) in [6.07, 6.45) is 0. The normalized spacial score (nSPS) is 11.8. The number of nitrogens with zero attached hydrogens (tertiary/aromatic N) is 1. The zero-order chi connectivity index (χ0) is 14.8. The van der Waals surface area contributed by atoms with Crippen molar-refractivity contribution in [1.82, 2.24) is 4.31 Å². The molecular formula is C16H19NO2S. The first kappa shape index (κ1) is 14.8. The van der Waals surface area contributed by atoms with E-state index in [-0.39, 0.29) is 0 Å². The molecule has 0 N–H and O–H groups in total. The lowest BCUT2D eigenvalue weighted by atomic mass is 10.1. The van der Waals surface area contributed by atoms with Crippen LogP contribution in [0.5, 0.6) is 0 Å². The summed E-state index contributed by atoms with van der Waals surface area (Å²) >= 11 is 0. The largest absolute Gasteiger partial charge is 0.243 e. The SMILES string of the molecule is Cc1ccc(CN(C)S(=O)(=O)c2ccccc2C)cc1. The second-order valence-corrected chi connectivity index (χ2v) is 7.03. The summed E-state index contributed by atoms with van der Waals surface area (Å²) in [5, 5.41) is 0. The Morgan fingerprint density at radius 1 is 0.950 bits per heavy atom. The smallest absolute Gasteiger partial charge is 0.207 e. The van der Waals surface area contributed by atoms with Crippen LogP contribution < -0.4 is 0 Å². The molecule has 0 aliphatic rings. The zero-order valence-electron chi connectivity index (χ0n) is 12.0. The summed E-state index contributed by atoms with van der Waals surface area (Å²) in [6, 6.07) is 14.9. The fourth-order valence-corrected chi connectivity index (χ4v) is 3.43. The molecule has 0 atom stereocenters. The van der Waals surface area contributed by atoms with Gasteiger partial charge >= 0.3 is 0 Å². The highest BCUT2D eigenvalue weighted by molar-refractivity contribution is 7.89. The van der Waals surface area contributed by atoms with Gasteiger partial charge in [0, 0.05) is 13.6 Å². The molecule has 0 bridgehead atoms. The summed E-state index contributed by atoms with van der Waals surface area (Å²) in [5.74, 6) is 0. The van der Waals surface area contributed by atoms with Crippen molar-refractivity contribution in [3.8, 4) is 0 Å². The summed E-state index contributed by atoms with van der Waals surface area (Å²) < 4.78 is 26.5. The molecule has 3 nitrogen and oxygen atoms in total. The number of benzene rings is 2. The monoisotopic (exact) mass is 289 g/mol. The maximum atomic E-state index is 12.6. The second kappa shape index (κ2) is 5.77. The Balaban J connectivity index is 2.26. The minimum atomic E-state index is -3.44. The van der Waals surface area contributed by atoms with Crippen LogP contribution in [0.3, 0.4) is 0 Å². The van der Waals surface area contributed by atoms with Crippen LogP contribution in [0.15, 0.2) is 53.4 Å². The highest BCUT2D eigenvalue weighted by atomic mass is 32.2. The second-order valence-electron chi connectivity index (χ2n) is 5.01. The first-order valence-electron chi connectivity index (χ1n) is 6.49. The molecule has 0 saturated carbocycles. The van der Waals surface area contributed by atoms with E-state index in [9.17, 15) is 8.42 Å². The topological polar surface area (TPSA) is 37.4 Å². The van der Waals surface area contributed by atoms with E-state index in [4.69, 9.17) is 0 Å². The summed E-state index contributed by atoms with van der Waals surface area (Å²) in [4.78, 5) is 0.370. The van der Waals surface area contributed by atoms with Crippen molar-refractivity contribution in [3.63, 3.8) is 0 Å². The van der Waals surface area contributed by atoms with Crippen molar-refractivity contribution < 1.29 is 8.42 Å². The van der Waals surface area contributed by atoms with Crippen LogP contribution >= 0.6 is 0 Å². The third-order valence-electron chi connectivity index (χ3n) is 3.31. The lowest BCUT2D eigenvalue weighted by molar-refractivity contribution is 0.466.